The predicted molar refractivity (Wildman–Crippen MR) is 114 cm³/mol. The van der Waals surface area contributed by atoms with E-state index in [0.717, 1.165) is 28.6 Å². The molecule has 0 aliphatic heterocycles. The molecule has 152 valence electrons. The summed E-state index contributed by atoms with van der Waals surface area (Å²) in [5.41, 5.74) is 2.66. The number of hydrogen-bond acceptors (Lipinski definition) is 4. The maximum atomic E-state index is 13.0. The summed E-state index contributed by atoms with van der Waals surface area (Å²) >= 11 is 0.970. The van der Waals surface area contributed by atoms with Gasteiger partial charge in [0.25, 0.3) is 0 Å². The number of nitrogens with one attached hydrogen (secondary N) is 1. The van der Waals surface area contributed by atoms with Gasteiger partial charge >= 0.3 is 0 Å². The van der Waals surface area contributed by atoms with E-state index in [2.05, 4.69) is 5.32 Å². The van der Waals surface area contributed by atoms with Gasteiger partial charge in [-0.2, -0.15) is 0 Å². The van der Waals surface area contributed by atoms with Crippen molar-refractivity contribution >= 4 is 23.3 Å². The summed E-state index contributed by atoms with van der Waals surface area (Å²) in [6.45, 7) is 6.50. The molecule has 0 saturated carbocycles. The molecular weight excluding hydrogens is 377 g/mol. The summed E-state index contributed by atoms with van der Waals surface area (Å²) < 4.78 is 18.8. The van der Waals surface area contributed by atoms with Gasteiger partial charge in [0.05, 0.1) is 11.9 Å². The van der Waals surface area contributed by atoms with Gasteiger partial charge in [-0.05, 0) is 41.8 Å². The highest BCUT2D eigenvalue weighted by Crippen LogP contribution is 2.21. The Morgan fingerprint density at radius 1 is 1.14 bits per heavy atom. The minimum Gasteiger partial charge on any atom is -0.493 e. The lowest BCUT2D eigenvalue weighted by atomic mass is 10.0. The molecule has 1 N–H and O–H groups in total. The van der Waals surface area contributed by atoms with Crippen LogP contribution in [0.15, 0.2) is 48.5 Å². The highest BCUT2D eigenvalue weighted by atomic mass is 32.2. The summed E-state index contributed by atoms with van der Waals surface area (Å²) in [6.07, 6.45) is 0.468. The quantitative estimate of drug-likeness (QED) is 0.619. The maximum Gasteiger partial charge on any atom is 0.233 e. The van der Waals surface area contributed by atoms with Crippen LogP contribution in [0.5, 0.6) is 5.75 Å². The Morgan fingerprint density at radius 3 is 2.29 bits per heavy atom. The van der Waals surface area contributed by atoms with Crippen LogP contribution in [0.2, 0.25) is 0 Å². The van der Waals surface area contributed by atoms with Gasteiger partial charge in [0.15, 0.2) is 5.62 Å². The number of halogens is 1. The molecule has 2 rings (SSSR count). The minimum absolute atomic E-state index is 0.136. The smallest absolute Gasteiger partial charge is 0.233 e. The third kappa shape index (κ3) is 7.72. The largest absolute Gasteiger partial charge is 0.493 e. The van der Waals surface area contributed by atoms with Crippen LogP contribution in [0, 0.1) is 5.82 Å². The van der Waals surface area contributed by atoms with Crippen LogP contribution in [0.25, 0.3) is 0 Å². The predicted octanol–water partition coefficient (Wildman–Crippen LogP) is 4.61. The molecule has 2 aromatic carbocycles. The van der Waals surface area contributed by atoms with Crippen molar-refractivity contribution in [3.8, 4) is 5.75 Å². The van der Waals surface area contributed by atoms with Crippen LogP contribution in [-0.4, -0.2) is 30.4 Å². The lowest BCUT2D eigenvalue weighted by Gasteiger charge is -2.15. The number of ether oxygens (including phenoxy) is 1. The molecular formula is C22H28FNO3S. The van der Waals surface area contributed by atoms with E-state index in [1.807, 2.05) is 45.0 Å². The molecule has 0 fully saturated rings. The zero-order chi connectivity index (χ0) is 20.9. The summed E-state index contributed by atoms with van der Waals surface area (Å²) in [7, 11) is 1.56. The Labute approximate surface area is 170 Å². The molecule has 0 radical (unpaired) electrons. The Bertz CT molecular complexity index is 720. The molecule has 4 nitrogen and oxygen atoms in total. The zero-order valence-corrected chi connectivity index (χ0v) is 17.6. The van der Waals surface area contributed by atoms with Gasteiger partial charge < -0.3 is 10.1 Å². The molecule has 1 amide bonds. The molecule has 0 aromatic heterocycles. The highest BCUT2D eigenvalue weighted by Gasteiger charge is 2.18. The second kappa shape index (κ2) is 12.9. The van der Waals surface area contributed by atoms with Crippen molar-refractivity contribution in [2.24, 2.45) is 0 Å². The number of carbonyl (C=O) groups excluding carboxylic acids is 2. The van der Waals surface area contributed by atoms with Crippen LogP contribution >= 0.6 is 11.8 Å². The van der Waals surface area contributed by atoms with E-state index in [0.29, 0.717) is 18.6 Å². The van der Waals surface area contributed by atoms with Crippen LogP contribution in [-0.2, 0) is 16.0 Å². The van der Waals surface area contributed by atoms with Crippen molar-refractivity contribution in [2.75, 3.05) is 13.7 Å². The number of carbonyl (C=O) groups is 2. The number of rotatable bonds is 9. The van der Waals surface area contributed by atoms with E-state index in [9.17, 15) is 14.0 Å². The SMILES string of the molecule is CC.CNC(=O)C(Cc1ccc(OCC(C)c2ccc(F)cc2)cc1)SC=O. The average molecular weight is 406 g/mol. The van der Waals surface area contributed by atoms with Crippen molar-refractivity contribution in [2.45, 2.75) is 38.4 Å². The van der Waals surface area contributed by atoms with E-state index in [1.54, 1.807) is 19.2 Å². The van der Waals surface area contributed by atoms with Gasteiger partial charge in [0.1, 0.15) is 11.6 Å². The van der Waals surface area contributed by atoms with E-state index in [4.69, 9.17) is 4.74 Å². The lowest BCUT2D eigenvalue weighted by Crippen LogP contribution is -2.31. The molecule has 0 aliphatic rings. The summed E-state index contributed by atoms with van der Waals surface area (Å²) in [6, 6.07) is 13.9. The molecule has 2 aromatic rings. The molecule has 6 heteroatoms. The molecule has 0 saturated heterocycles. The van der Waals surface area contributed by atoms with Crippen molar-refractivity contribution in [3.05, 3.63) is 65.5 Å². The van der Waals surface area contributed by atoms with Gasteiger partial charge in [-0.25, -0.2) is 4.39 Å². The average Bonchev–Trinajstić information content (AvgIpc) is 2.74. The number of amides is 1. The second-order valence-electron chi connectivity index (χ2n) is 5.95. The van der Waals surface area contributed by atoms with Crippen molar-refractivity contribution < 1.29 is 18.7 Å². The Kier molecular flexibility index (Phi) is 11.0. The Balaban J connectivity index is 0.00000190. The monoisotopic (exact) mass is 405 g/mol. The standard InChI is InChI=1S/C20H22FNO3S.C2H6/c1-14(16-5-7-17(21)8-6-16)12-25-18-9-3-15(4-10-18)11-19(26-13-23)20(24)22-2;1-2/h3-10,13-14,19H,11-12H2,1-2H3,(H,22,24);1-2H3. The lowest BCUT2D eigenvalue weighted by molar-refractivity contribution is -0.120. The second-order valence-corrected chi connectivity index (χ2v) is 6.98. The fourth-order valence-corrected chi connectivity index (χ4v) is 3.14. The Morgan fingerprint density at radius 2 is 1.75 bits per heavy atom. The third-order valence-corrected chi connectivity index (χ3v) is 4.86. The van der Waals surface area contributed by atoms with Gasteiger partial charge in [-0.3, -0.25) is 9.59 Å². The fourth-order valence-electron chi connectivity index (χ4n) is 2.48. The minimum atomic E-state index is -0.442. The number of thioether (sulfide) groups is 1. The van der Waals surface area contributed by atoms with Gasteiger partial charge in [0, 0.05) is 13.0 Å². The first kappa shape index (κ1) is 23.7. The van der Waals surface area contributed by atoms with Crippen LogP contribution < -0.4 is 10.1 Å². The summed E-state index contributed by atoms with van der Waals surface area (Å²) in [5.74, 6) is 0.440. The third-order valence-electron chi connectivity index (χ3n) is 4.04. The Hall–Kier alpha value is -2.34. The van der Waals surface area contributed by atoms with E-state index in [-0.39, 0.29) is 17.6 Å². The van der Waals surface area contributed by atoms with Gasteiger partial charge in [0.2, 0.25) is 5.91 Å². The van der Waals surface area contributed by atoms with Gasteiger partial charge in [-0.1, -0.05) is 56.8 Å². The van der Waals surface area contributed by atoms with Crippen LogP contribution in [0.4, 0.5) is 4.39 Å². The van der Waals surface area contributed by atoms with Crippen LogP contribution in [0.1, 0.15) is 37.8 Å². The first-order valence-electron chi connectivity index (χ1n) is 9.31. The fraction of sp³-hybridized carbons (Fsp3) is 0.364. The molecule has 0 bridgehead atoms. The topological polar surface area (TPSA) is 55.4 Å². The van der Waals surface area contributed by atoms with Gasteiger partial charge in [-0.15, -0.1) is 0 Å². The first-order chi connectivity index (χ1) is 13.5. The molecule has 2 unspecified atom stereocenters. The van der Waals surface area contributed by atoms with E-state index < -0.39 is 5.25 Å². The van der Waals surface area contributed by atoms with Crippen molar-refractivity contribution in [1.29, 1.82) is 0 Å². The molecule has 0 heterocycles. The first-order valence-corrected chi connectivity index (χ1v) is 10.3. The summed E-state index contributed by atoms with van der Waals surface area (Å²) in [5, 5.41) is 2.12. The normalized spacial score (nSPS) is 12.2. The van der Waals surface area contributed by atoms with Crippen molar-refractivity contribution in [1.82, 2.24) is 5.32 Å². The van der Waals surface area contributed by atoms with Crippen molar-refractivity contribution in [3.63, 3.8) is 0 Å². The van der Waals surface area contributed by atoms with E-state index >= 15 is 0 Å². The number of hydrogen-bond donors (Lipinski definition) is 1. The maximum absolute atomic E-state index is 13.0. The molecule has 28 heavy (non-hydrogen) atoms. The molecule has 2 atom stereocenters. The highest BCUT2D eigenvalue weighted by molar-refractivity contribution is 8.13. The van der Waals surface area contributed by atoms with E-state index in [1.165, 1.54) is 12.1 Å². The molecule has 0 spiro atoms. The molecule has 0 aliphatic carbocycles. The van der Waals surface area contributed by atoms with Crippen LogP contribution in [0.3, 0.4) is 0 Å². The summed E-state index contributed by atoms with van der Waals surface area (Å²) in [4.78, 5) is 22.5. The zero-order valence-electron chi connectivity index (χ0n) is 16.8. The number of benzene rings is 2.